The lowest BCUT2D eigenvalue weighted by molar-refractivity contribution is -0.116. The number of rotatable bonds is 7. The van der Waals surface area contributed by atoms with Crippen molar-refractivity contribution in [2.45, 2.75) is 19.0 Å². The summed E-state index contributed by atoms with van der Waals surface area (Å²) in [5, 5.41) is 3.62. The maximum Gasteiger partial charge on any atom is 0.260 e. The third kappa shape index (κ3) is 4.48. The predicted octanol–water partition coefficient (Wildman–Crippen LogP) is 5.04. The smallest absolute Gasteiger partial charge is 0.260 e. The van der Waals surface area contributed by atoms with Crippen LogP contribution in [0.25, 0.3) is 21.5 Å². The van der Waals surface area contributed by atoms with Crippen molar-refractivity contribution in [2.75, 3.05) is 17.2 Å². The zero-order valence-electron chi connectivity index (χ0n) is 17.0. The third-order valence-electron chi connectivity index (χ3n) is 4.75. The molecule has 4 rings (SSSR count). The van der Waals surface area contributed by atoms with Crippen LogP contribution < -0.4 is 10.5 Å². The molecule has 4 aromatic rings. The Morgan fingerprint density at radius 2 is 2.03 bits per heavy atom. The second-order valence-electron chi connectivity index (χ2n) is 6.80. The Hall–Kier alpha value is -2.75. The molecule has 9 heteroatoms. The summed E-state index contributed by atoms with van der Waals surface area (Å²) in [4.78, 5) is 40.8. The minimum absolute atomic E-state index is 0.125. The average molecular weight is 469 g/mol. The molecule has 158 valence electrons. The Morgan fingerprint density at radius 3 is 2.77 bits per heavy atom. The molecule has 0 atom stereocenters. The SMILES string of the molecule is C=CCN(C(=O)CSc1nc2sc(C)c(C)c2c(=O)[nH]1)c1nc(-c2ccccc2)cs1. The molecule has 1 N–H and O–H groups in total. The van der Waals surface area contributed by atoms with E-state index in [1.807, 2.05) is 49.6 Å². The highest BCUT2D eigenvalue weighted by molar-refractivity contribution is 7.99. The zero-order valence-corrected chi connectivity index (χ0v) is 19.5. The molecule has 0 saturated carbocycles. The number of nitrogens with zero attached hydrogens (tertiary/aromatic N) is 3. The number of aromatic nitrogens is 3. The largest absolute Gasteiger partial charge is 0.301 e. The highest BCUT2D eigenvalue weighted by Gasteiger charge is 2.20. The molecular formula is C22H20N4O2S3. The van der Waals surface area contributed by atoms with Crippen molar-refractivity contribution in [1.29, 1.82) is 0 Å². The lowest BCUT2D eigenvalue weighted by atomic mass is 10.2. The fraction of sp³-hybridized carbons (Fsp3) is 0.182. The van der Waals surface area contributed by atoms with Gasteiger partial charge in [0, 0.05) is 22.4 Å². The first-order valence-corrected chi connectivity index (χ1v) is 12.2. The molecule has 0 fully saturated rings. The molecule has 3 aromatic heterocycles. The van der Waals surface area contributed by atoms with Gasteiger partial charge in [0.1, 0.15) is 4.83 Å². The van der Waals surface area contributed by atoms with Gasteiger partial charge >= 0.3 is 0 Å². The van der Waals surface area contributed by atoms with Crippen LogP contribution in [-0.4, -0.2) is 33.2 Å². The zero-order chi connectivity index (χ0) is 22.0. The van der Waals surface area contributed by atoms with E-state index in [4.69, 9.17) is 0 Å². The molecule has 0 aliphatic rings. The number of thiazole rings is 1. The Kier molecular flexibility index (Phi) is 6.35. The van der Waals surface area contributed by atoms with Gasteiger partial charge in [-0.2, -0.15) is 0 Å². The molecule has 1 amide bonds. The van der Waals surface area contributed by atoms with Crippen LogP contribution in [0.2, 0.25) is 0 Å². The average Bonchev–Trinajstić information content (AvgIpc) is 3.36. The fourth-order valence-corrected chi connectivity index (χ4v) is 5.74. The molecular weight excluding hydrogens is 448 g/mol. The van der Waals surface area contributed by atoms with Crippen LogP contribution in [0.5, 0.6) is 0 Å². The molecule has 6 nitrogen and oxygen atoms in total. The number of thiophene rings is 1. The van der Waals surface area contributed by atoms with Crippen molar-refractivity contribution in [3.05, 3.63) is 69.2 Å². The van der Waals surface area contributed by atoms with Crippen LogP contribution in [0.1, 0.15) is 10.4 Å². The van der Waals surface area contributed by atoms with Gasteiger partial charge in [-0.15, -0.1) is 29.3 Å². The summed E-state index contributed by atoms with van der Waals surface area (Å²) in [6.45, 7) is 8.02. The van der Waals surface area contributed by atoms with E-state index in [-0.39, 0.29) is 17.2 Å². The minimum atomic E-state index is -0.169. The summed E-state index contributed by atoms with van der Waals surface area (Å²) in [5.41, 5.74) is 2.62. The van der Waals surface area contributed by atoms with Crippen molar-refractivity contribution >= 4 is 55.7 Å². The van der Waals surface area contributed by atoms with E-state index in [0.717, 1.165) is 21.7 Å². The van der Waals surface area contributed by atoms with Gasteiger partial charge in [0.15, 0.2) is 10.3 Å². The van der Waals surface area contributed by atoms with E-state index in [0.29, 0.717) is 27.0 Å². The molecule has 0 radical (unpaired) electrons. The topological polar surface area (TPSA) is 79.0 Å². The lowest BCUT2D eigenvalue weighted by Crippen LogP contribution is -2.32. The van der Waals surface area contributed by atoms with Crippen LogP contribution in [-0.2, 0) is 4.79 Å². The summed E-state index contributed by atoms with van der Waals surface area (Å²) in [6, 6.07) is 9.84. The number of fused-ring (bicyclic) bond motifs is 1. The van der Waals surface area contributed by atoms with Gasteiger partial charge in [-0.1, -0.05) is 48.2 Å². The number of amides is 1. The van der Waals surface area contributed by atoms with E-state index < -0.39 is 0 Å². The normalized spacial score (nSPS) is 11.0. The van der Waals surface area contributed by atoms with Gasteiger partial charge in [0.25, 0.3) is 5.56 Å². The molecule has 0 aliphatic heterocycles. The first-order chi connectivity index (χ1) is 15.0. The van der Waals surface area contributed by atoms with E-state index >= 15 is 0 Å². The van der Waals surface area contributed by atoms with Crippen molar-refractivity contribution < 1.29 is 4.79 Å². The van der Waals surface area contributed by atoms with Crippen LogP contribution in [0.4, 0.5) is 5.13 Å². The minimum Gasteiger partial charge on any atom is -0.301 e. The molecule has 31 heavy (non-hydrogen) atoms. The van der Waals surface area contributed by atoms with Crippen LogP contribution in [0.15, 0.2) is 58.3 Å². The van der Waals surface area contributed by atoms with Gasteiger partial charge in [-0.3, -0.25) is 14.5 Å². The number of benzene rings is 1. The first kappa shape index (κ1) is 21.5. The number of H-pyrrole nitrogens is 1. The number of carbonyl (C=O) groups is 1. The number of aryl methyl sites for hydroxylation is 2. The lowest BCUT2D eigenvalue weighted by Gasteiger charge is -2.17. The molecule has 0 saturated heterocycles. The van der Waals surface area contributed by atoms with E-state index in [1.54, 1.807) is 11.0 Å². The second kappa shape index (κ2) is 9.17. The molecule has 0 spiro atoms. The molecule has 1 aromatic carbocycles. The van der Waals surface area contributed by atoms with Crippen molar-refractivity contribution in [3.63, 3.8) is 0 Å². The van der Waals surface area contributed by atoms with Gasteiger partial charge < -0.3 is 4.98 Å². The van der Waals surface area contributed by atoms with E-state index in [9.17, 15) is 9.59 Å². The molecule has 0 aliphatic carbocycles. The maximum absolute atomic E-state index is 13.0. The van der Waals surface area contributed by atoms with Crippen molar-refractivity contribution in [1.82, 2.24) is 15.0 Å². The number of nitrogens with one attached hydrogen (secondary N) is 1. The number of anilines is 1. The summed E-state index contributed by atoms with van der Waals surface area (Å²) < 4.78 is 0. The second-order valence-corrected chi connectivity index (χ2v) is 9.80. The molecule has 0 unspecified atom stereocenters. The van der Waals surface area contributed by atoms with E-state index in [2.05, 4.69) is 21.5 Å². The fourth-order valence-electron chi connectivity index (χ4n) is 3.06. The summed E-state index contributed by atoms with van der Waals surface area (Å²) in [7, 11) is 0. The standard InChI is InChI=1S/C22H20N4O2S3/c1-4-10-26(22-23-16(11-30-22)15-8-6-5-7-9-15)17(27)12-29-21-24-19(28)18-13(2)14(3)31-20(18)25-21/h4-9,11H,1,10,12H2,2-3H3,(H,24,25,28). The first-order valence-electron chi connectivity index (χ1n) is 9.53. The van der Waals surface area contributed by atoms with E-state index in [1.165, 1.54) is 34.4 Å². The van der Waals surface area contributed by atoms with Crippen molar-refractivity contribution in [2.24, 2.45) is 0 Å². The highest BCUT2D eigenvalue weighted by atomic mass is 32.2. The molecule has 3 heterocycles. The summed E-state index contributed by atoms with van der Waals surface area (Å²) >= 11 is 4.12. The van der Waals surface area contributed by atoms with Gasteiger partial charge in [0.2, 0.25) is 5.91 Å². The Bertz CT molecular complexity index is 1310. The molecule has 0 bridgehead atoms. The third-order valence-corrected chi connectivity index (χ3v) is 7.58. The number of aromatic amines is 1. The van der Waals surface area contributed by atoms with Gasteiger partial charge in [0.05, 0.1) is 16.8 Å². The quantitative estimate of drug-likeness (QED) is 0.234. The van der Waals surface area contributed by atoms with Crippen LogP contribution >= 0.6 is 34.4 Å². The predicted molar refractivity (Wildman–Crippen MR) is 131 cm³/mol. The number of thioether (sulfide) groups is 1. The van der Waals surface area contributed by atoms with Gasteiger partial charge in [-0.25, -0.2) is 9.97 Å². The number of hydrogen-bond acceptors (Lipinski definition) is 7. The highest BCUT2D eigenvalue weighted by Crippen LogP contribution is 2.29. The summed E-state index contributed by atoms with van der Waals surface area (Å²) in [6.07, 6.45) is 1.68. The number of hydrogen-bond donors (Lipinski definition) is 1. The van der Waals surface area contributed by atoms with Crippen molar-refractivity contribution in [3.8, 4) is 11.3 Å². The van der Waals surface area contributed by atoms with Gasteiger partial charge in [-0.05, 0) is 19.4 Å². The van der Waals surface area contributed by atoms with Crippen LogP contribution in [0, 0.1) is 13.8 Å². The maximum atomic E-state index is 13.0. The Morgan fingerprint density at radius 1 is 1.26 bits per heavy atom. The Balaban J connectivity index is 1.52. The summed E-state index contributed by atoms with van der Waals surface area (Å²) in [5.74, 6) is 0.00597. The van der Waals surface area contributed by atoms with Crippen LogP contribution in [0.3, 0.4) is 0 Å². The Labute approximate surface area is 191 Å². The monoisotopic (exact) mass is 468 g/mol. The number of carbonyl (C=O) groups excluding carboxylic acids is 1.